The largest absolute Gasteiger partial charge is 0.338 e. The number of hydrogen-bond acceptors (Lipinski definition) is 5. The summed E-state index contributed by atoms with van der Waals surface area (Å²) in [7, 11) is 0. The number of rotatable bonds is 3. The van der Waals surface area contributed by atoms with Gasteiger partial charge in [-0.1, -0.05) is 36.4 Å². The van der Waals surface area contributed by atoms with E-state index in [-0.39, 0.29) is 11.7 Å². The van der Waals surface area contributed by atoms with E-state index >= 15 is 0 Å². The molecule has 0 amide bonds. The van der Waals surface area contributed by atoms with Gasteiger partial charge in [0.25, 0.3) is 0 Å². The molecule has 0 bridgehead atoms. The number of pyridine rings is 1. The molecule has 6 heteroatoms. The molecule has 3 aromatic rings. The molecule has 0 radical (unpaired) electrons. The van der Waals surface area contributed by atoms with E-state index in [1.54, 1.807) is 11.1 Å². The minimum atomic E-state index is 0.260. The number of anilines is 3. The summed E-state index contributed by atoms with van der Waals surface area (Å²) in [5, 5.41) is 21.1. The summed E-state index contributed by atoms with van der Waals surface area (Å²) < 4.78 is 0. The van der Waals surface area contributed by atoms with E-state index in [2.05, 4.69) is 27.3 Å². The van der Waals surface area contributed by atoms with Crippen LogP contribution in [-0.2, 0) is 6.54 Å². The minimum Gasteiger partial charge on any atom is -0.338 e. The molecule has 2 aliphatic rings. The third-order valence-electron chi connectivity index (χ3n) is 5.74. The maximum Gasteiger partial charge on any atom is 0.154 e. The number of amidine groups is 2. The normalized spacial score (nSPS) is 15.9. The van der Waals surface area contributed by atoms with Crippen LogP contribution in [0.4, 0.5) is 17.2 Å². The zero-order valence-corrected chi connectivity index (χ0v) is 16.7. The Kier molecular flexibility index (Phi) is 4.77. The highest BCUT2D eigenvalue weighted by atomic mass is 15.2. The van der Waals surface area contributed by atoms with Crippen molar-refractivity contribution in [3.63, 3.8) is 0 Å². The quantitative estimate of drug-likeness (QED) is 0.447. The molecule has 150 valence electrons. The van der Waals surface area contributed by atoms with Gasteiger partial charge < -0.3 is 5.32 Å². The number of nitrogens with zero attached hydrogens (tertiary/aromatic N) is 3. The van der Waals surface area contributed by atoms with Gasteiger partial charge in [-0.25, -0.2) is 4.98 Å². The van der Waals surface area contributed by atoms with Crippen molar-refractivity contribution in [3.05, 3.63) is 83.6 Å². The van der Waals surface area contributed by atoms with Crippen molar-refractivity contribution in [1.82, 2.24) is 9.88 Å². The number of fused-ring (bicyclic) bond motifs is 2. The first-order chi connectivity index (χ1) is 14.7. The summed E-state index contributed by atoms with van der Waals surface area (Å²) in [6, 6.07) is 19.6. The highest BCUT2D eigenvalue weighted by molar-refractivity contribution is 6.30. The molecule has 2 aliphatic heterocycles. The van der Waals surface area contributed by atoms with Crippen LogP contribution in [0.2, 0.25) is 0 Å². The summed E-state index contributed by atoms with van der Waals surface area (Å²) >= 11 is 0. The van der Waals surface area contributed by atoms with Gasteiger partial charge in [-0.3, -0.25) is 20.6 Å². The highest BCUT2D eigenvalue weighted by Gasteiger charge is 2.28. The first-order valence-corrected chi connectivity index (χ1v) is 10.3. The minimum absolute atomic E-state index is 0.260. The molecule has 6 nitrogen and oxygen atoms in total. The fourth-order valence-corrected chi connectivity index (χ4v) is 4.17. The maximum absolute atomic E-state index is 8.94. The number of para-hydroxylation sites is 1. The van der Waals surface area contributed by atoms with Crippen molar-refractivity contribution >= 4 is 28.9 Å². The van der Waals surface area contributed by atoms with Crippen molar-refractivity contribution < 1.29 is 0 Å². The van der Waals surface area contributed by atoms with Gasteiger partial charge in [-0.05, 0) is 55.8 Å². The zero-order chi connectivity index (χ0) is 20.5. The second-order valence-electron chi connectivity index (χ2n) is 7.75. The molecule has 0 unspecified atom stereocenters. The molecular formula is C24H24N6. The number of likely N-dealkylation sites (tertiary alicyclic amines) is 1. The van der Waals surface area contributed by atoms with Gasteiger partial charge in [-0.2, -0.15) is 0 Å². The van der Waals surface area contributed by atoms with Crippen LogP contribution in [0.5, 0.6) is 0 Å². The first kappa shape index (κ1) is 18.5. The van der Waals surface area contributed by atoms with Crippen LogP contribution in [0.15, 0.2) is 66.9 Å². The molecule has 3 N–H and O–H groups in total. The lowest BCUT2D eigenvalue weighted by atomic mass is 10.1. The lowest BCUT2D eigenvalue weighted by Gasteiger charge is -2.25. The van der Waals surface area contributed by atoms with E-state index in [9.17, 15) is 0 Å². The van der Waals surface area contributed by atoms with Crippen LogP contribution >= 0.6 is 0 Å². The molecule has 0 saturated carbocycles. The van der Waals surface area contributed by atoms with E-state index in [0.29, 0.717) is 11.5 Å². The zero-order valence-electron chi connectivity index (χ0n) is 16.7. The van der Waals surface area contributed by atoms with Crippen LogP contribution in [-0.4, -0.2) is 34.6 Å². The van der Waals surface area contributed by atoms with Crippen molar-refractivity contribution in [2.45, 2.75) is 19.4 Å². The molecule has 1 saturated heterocycles. The van der Waals surface area contributed by atoms with Crippen LogP contribution in [0, 0.1) is 10.8 Å². The second kappa shape index (κ2) is 7.72. The van der Waals surface area contributed by atoms with Gasteiger partial charge in [0.15, 0.2) is 5.82 Å². The molecule has 1 aromatic heterocycles. The average Bonchev–Trinajstić information content (AvgIpc) is 3.24. The molecular weight excluding hydrogens is 372 g/mol. The van der Waals surface area contributed by atoms with E-state index in [1.807, 2.05) is 48.5 Å². The van der Waals surface area contributed by atoms with Crippen LogP contribution in [0.1, 0.15) is 29.5 Å². The third kappa shape index (κ3) is 3.35. The van der Waals surface area contributed by atoms with Crippen molar-refractivity contribution in [3.8, 4) is 0 Å². The summed E-state index contributed by atoms with van der Waals surface area (Å²) in [5.41, 5.74) is 4.29. The molecule has 0 spiro atoms. The topological polar surface area (TPSA) is 79.1 Å². The van der Waals surface area contributed by atoms with E-state index in [0.717, 1.165) is 23.4 Å². The van der Waals surface area contributed by atoms with Gasteiger partial charge in [0, 0.05) is 23.9 Å². The fourth-order valence-electron chi connectivity index (χ4n) is 4.17. The molecule has 5 rings (SSSR count). The predicted octanol–water partition coefficient (Wildman–Crippen LogP) is 4.59. The van der Waals surface area contributed by atoms with Gasteiger partial charge in [0.1, 0.15) is 11.7 Å². The Morgan fingerprint density at radius 2 is 1.73 bits per heavy atom. The van der Waals surface area contributed by atoms with E-state index < -0.39 is 0 Å². The first-order valence-electron chi connectivity index (χ1n) is 10.3. The van der Waals surface area contributed by atoms with Gasteiger partial charge in [0.2, 0.25) is 0 Å². The van der Waals surface area contributed by atoms with Crippen LogP contribution in [0.3, 0.4) is 0 Å². The Balaban J connectivity index is 1.48. The Labute approximate surface area is 176 Å². The number of hydrogen-bond donors (Lipinski definition) is 3. The molecule has 3 heterocycles. The van der Waals surface area contributed by atoms with Crippen molar-refractivity contribution in [2.24, 2.45) is 0 Å². The van der Waals surface area contributed by atoms with Crippen LogP contribution in [0.25, 0.3) is 0 Å². The highest BCUT2D eigenvalue weighted by Crippen LogP contribution is 2.34. The Bertz CT molecular complexity index is 1100. The van der Waals surface area contributed by atoms with Gasteiger partial charge in [-0.15, -0.1) is 0 Å². The lowest BCUT2D eigenvalue weighted by Crippen LogP contribution is -2.36. The molecule has 0 atom stereocenters. The SMILES string of the molecule is N=C(c1ccc(CN2CCCC2)cc1)N1C(=N)c2ccccc2Nc2ncccc21. The fraction of sp³-hybridized carbons (Fsp3) is 0.208. The molecule has 2 aromatic carbocycles. The molecule has 0 aliphatic carbocycles. The molecule has 30 heavy (non-hydrogen) atoms. The average molecular weight is 396 g/mol. The number of aromatic nitrogens is 1. The Hall–Kier alpha value is -3.51. The number of benzene rings is 2. The number of nitrogens with one attached hydrogen (secondary N) is 3. The van der Waals surface area contributed by atoms with Crippen molar-refractivity contribution in [2.75, 3.05) is 23.3 Å². The third-order valence-corrected chi connectivity index (χ3v) is 5.74. The predicted molar refractivity (Wildman–Crippen MR) is 121 cm³/mol. The van der Waals surface area contributed by atoms with Gasteiger partial charge in [0.05, 0.1) is 11.4 Å². The maximum atomic E-state index is 8.94. The summed E-state index contributed by atoms with van der Waals surface area (Å²) in [5.74, 6) is 1.17. The van der Waals surface area contributed by atoms with Crippen molar-refractivity contribution in [1.29, 1.82) is 10.8 Å². The second-order valence-corrected chi connectivity index (χ2v) is 7.75. The smallest absolute Gasteiger partial charge is 0.154 e. The molecule has 1 fully saturated rings. The Morgan fingerprint density at radius 1 is 0.967 bits per heavy atom. The standard InChI is InChI=1S/C24H24N6/c25-22(18-11-9-17(10-12-18)16-29-14-3-4-15-29)30-21-8-5-13-27-24(21)28-20-7-2-1-6-19(20)23(30)26/h1-2,5-13,25-26H,3-4,14-16H2,(H,27,28). The Morgan fingerprint density at radius 3 is 2.53 bits per heavy atom. The van der Waals surface area contributed by atoms with E-state index in [4.69, 9.17) is 10.8 Å². The summed E-state index contributed by atoms with van der Waals surface area (Å²) in [4.78, 5) is 8.59. The lowest BCUT2D eigenvalue weighted by molar-refractivity contribution is 0.331. The summed E-state index contributed by atoms with van der Waals surface area (Å²) in [6.45, 7) is 3.29. The monoisotopic (exact) mass is 396 g/mol. The summed E-state index contributed by atoms with van der Waals surface area (Å²) in [6.07, 6.45) is 4.28. The van der Waals surface area contributed by atoms with E-state index in [1.165, 1.54) is 31.5 Å². The van der Waals surface area contributed by atoms with Gasteiger partial charge >= 0.3 is 0 Å². The van der Waals surface area contributed by atoms with Crippen LogP contribution < -0.4 is 10.2 Å².